The van der Waals surface area contributed by atoms with Crippen LogP contribution >= 0.6 is 23.2 Å². The van der Waals surface area contributed by atoms with Gasteiger partial charge in [-0.1, -0.05) is 96.0 Å². The molecule has 0 spiro atoms. The van der Waals surface area contributed by atoms with Gasteiger partial charge >= 0.3 is 0 Å². The van der Waals surface area contributed by atoms with Crippen LogP contribution in [-0.2, 0) is 6.54 Å². The molecule has 0 fully saturated rings. The van der Waals surface area contributed by atoms with Crippen LogP contribution < -0.4 is 10.3 Å². The van der Waals surface area contributed by atoms with Crippen LogP contribution in [0, 0.1) is 0 Å². The molecular weight excluding hydrogens is 431 g/mol. The van der Waals surface area contributed by atoms with Gasteiger partial charge in [0.25, 0.3) is 5.56 Å². The SMILES string of the molecule is O=c1c(Cl)c(-c2ccc(Cl)cc2)c(OCC2=CC=CCC=C2)nn1Cc1ccccc1. The molecule has 2 aromatic carbocycles. The van der Waals surface area contributed by atoms with E-state index in [0.29, 0.717) is 35.2 Å². The first-order valence-electron chi connectivity index (χ1n) is 9.87. The summed E-state index contributed by atoms with van der Waals surface area (Å²) in [4.78, 5) is 13.0. The second-order valence-electron chi connectivity index (χ2n) is 7.05. The van der Waals surface area contributed by atoms with Crippen molar-refractivity contribution in [3.05, 3.63) is 117 Å². The zero-order valence-electron chi connectivity index (χ0n) is 16.7. The second-order valence-corrected chi connectivity index (χ2v) is 7.86. The Morgan fingerprint density at radius 1 is 1.00 bits per heavy atom. The molecule has 0 unspecified atom stereocenters. The van der Waals surface area contributed by atoms with E-state index in [9.17, 15) is 4.79 Å². The molecule has 3 aromatic rings. The monoisotopic (exact) mass is 450 g/mol. The van der Waals surface area contributed by atoms with Crippen LogP contribution in [0.3, 0.4) is 0 Å². The number of halogens is 2. The molecule has 0 bridgehead atoms. The Balaban J connectivity index is 1.76. The van der Waals surface area contributed by atoms with Crippen LogP contribution in [-0.4, -0.2) is 16.4 Å². The third-order valence-corrected chi connectivity index (χ3v) is 5.40. The van der Waals surface area contributed by atoms with Gasteiger partial charge in [-0.2, -0.15) is 0 Å². The molecule has 0 N–H and O–H groups in total. The van der Waals surface area contributed by atoms with Crippen molar-refractivity contribution in [1.82, 2.24) is 9.78 Å². The van der Waals surface area contributed by atoms with Crippen LogP contribution in [0.2, 0.25) is 10.0 Å². The first-order chi connectivity index (χ1) is 15.1. The summed E-state index contributed by atoms with van der Waals surface area (Å²) < 4.78 is 7.43. The van der Waals surface area contributed by atoms with Gasteiger partial charge in [-0.05, 0) is 35.3 Å². The van der Waals surface area contributed by atoms with Crippen molar-refractivity contribution in [3.8, 4) is 17.0 Å². The highest BCUT2D eigenvalue weighted by Gasteiger charge is 2.19. The Labute approximate surface area is 190 Å². The van der Waals surface area contributed by atoms with Crippen molar-refractivity contribution in [2.75, 3.05) is 6.61 Å². The van der Waals surface area contributed by atoms with Gasteiger partial charge < -0.3 is 4.74 Å². The van der Waals surface area contributed by atoms with E-state index in [4.69, 9.17) is 27.9 Å². The van der Waals surface area contributed by atoms with E-state index in [0.717, 1.165) is 17.6 Å². The number of nitrogens with zero attached hydrogens (tertiary/aromatic N) is 2. The molecule has 31 heavy (non-hydrogen) atoms. The molecule has 0 saturated heterocycles. The van der Waals surface area contributed by atoms with Gasteiger partial charge in [0.1, 0.15) is 11.6 Å². The topological polar surface area (TPSA) is 44.1 Å². The average molecular weight is 451 g/mol. The third kappa shape index (κ3) is 5.16. The fourth-order valence-electron chi connectivity index (χ4n) is 3.22. The molecule has 1 aliphatic carbocycles. The number of hydrogen-bond acceptors (Lipinski definition) is 3. The van der Waals surface area contributed by atoms with Crippen molar-refractivity contribution >= 4 is 23.2 Å². The molecule has 6 heteroatoms. The molecule has 1 aliphatic rings. The van der Waals surface area contributed by atoms with Gasteiger partial charge in [0, 0.05) is 5.02 Å². The molecule has 0 aliphatic heterocycles. The first-order valence-corrected chi connectivity index (χ1v) is 10.6. The molecule has 1 heterocycles. The van der Waals surface area contributed by atoms with E-state index >= 15 is 0 Å². The maximum atomic E-state index is 13.0. The summed E-state index contributed by atoms with van der Waals surface area (Å²) in [5, 5.41) is 5.18. The summed E-state index contributed by atoms with van der Waals surface area (Å²) in [6, 6.07) is 16.7. The predicted molar refractivity (Wildman–Crippen MR) is 126 cm³/mol. The van der Waals surface area contributed by atoms with Crippen LogP contribution in [0.5, 0.6) is 5.88 Å². The van der Waals surface area contributed by atoms with Crippen molar-refractivity contribution in [3.63, 3.8) is 0 Å². The predicted octanol–water partition coefficient (Wildman–Crippen LogP) is 6.09. The highest BCUT2D eigenvalue weighted by molar-refractivity contribution is 6.33. The lowest BCUT2D eigenvalue weighted by Crippen LogP contribution is -2.25. The summed E-state index contributed by atoms with van der Waals surface area (Å²) >= 11 is 12.6. The lowest BCUT2D eigenvalue weighted by molar-refractivity contribution is 0.330. The van der Waals surface area contributed by atoms with E-state index < -0.39 is 0 Å². The zero-order chi connectivity index (χ0) is 21.6. The molecule has 0 atom stereocenters. The number of ether oxygens (including phenoxy) is 1. The number of hydrogen-bond donors (Lipinski definition) is 0. The molecule has 156 valence electrons. The smallest absolute Gasteiger partial charge is 0.286 e. The quantitative estimate of drug-likeness (QED) is 0.456. The van der Waals surface area contributed by atoms with E-state index in [1.165, 1.54) is 4.68 Å². The zero-order valence-corrected chi connectivity index (χ0v) is 18.2. The summed E-state index contributed by atoms with van der Waals surface area (Å²) in [5.41, 5.74) is 2.74. The van der Waals surface area contributed by atoms with Gasteiger partial charge in [-0.15, -0.1) is 5.10 Å². The Morgan fingerprint density at radius 3 is 2.55 bits per heavy atom. The number of rotatable bonds is 6. The van der Waals surface area contributed by atoms with Crippen molar-refractivity contribution < 1.29 is 4.74 Å². The average Bonchev–Trinajstić information content (AvgIpc) is 3.06. The Morgan fingerprint density at radius 2 is 1.77 bits per heavy atom. The van der Waals surface area contributed by atoms with Gasteiger partial charge in [0.2, 0.25) is 5.88 Å². The summed E-state index contributed by atoms with van der Waals surface area (Å²) in [6.45, 7) is 0.594. The van der Waals surface area contributed by atoms with Crippen molar-refractivity contribution in [2.24, 2.45) is 0 Å². The normalized spacial score (nSPS) is 13.0. The second kappa shape index (κ2) is 9.82. The van der Waals surface area contributed by atoms with Crippen molar-refractivity contribution in [1.29, 1.82) is 0 Å². The van der Waals surface area contributed by atoms with E-state index in [2.05, 4.69) is 17.3 Å². The van der Waals surface area contributed by atoms with Gasteiger partial charge in [-0.3, -0.25) is 4.79 Å². The first kappa shape index (κ1) is 21.2. The molecule has 4 nitrogen and oxygen atoms in total. The highest BCUT2D eigenvalue weighted by atomic mass is 35.5. The molecule has 0 saturated carbocycles. The summed E-state index contributed by atoms with van der Waals surface area (Å²) in [5.74, 6) is 0.297. The number of benzene rings is 2. The fraction of sp³-hybridized carbons (Fsp3) is 0.120. The molecular formula is C25H20Cl2N2O2. The van der Waals surface area contributed by atoms with E-state index in [1.807, 2.05) is 48.6 Å². The van der Waals surface area contributed by atoms with Gasteiger partial charge in [-0.25, -0.2) is 4.68 Å². The van der Waals surface area contributed by atoms with Crippen LogP contribution in [0.15, 0.2) is 95.3 Å². The summed E-state index contributed by atoms with van der Waals surface area (Å²) in [6.07, 6.45) is 11.0. The minimum atomic E-state index is -0.376. The van der Waals surface area contributed by atoms with Gasteiger partial charge in [0.15, 0.2) is 0 Å². The lowest BCUT2D eigenvalue weighted by Gasteiger charge is -2.15. The molecule has 0 amide bonds. The van der Waals surface area contributed by atoms with Crippen LogP contribution in [0.4, 0.5) is 0 Å². The Kier molecular flexibility index (Phi) is 6.70. The van der Waals surface area contributed by atoms with Crippen molar-refractivity contribution in [2.45, 2.75) is 13.0 Å². The Bertz CT molecular complexity index is 1210. The number of allylic oxidation sites excluding steroid dienone is 4. The maximum Gasteiger partial charge on any atom is 0.286 e. The highest BCUT2D eigenvalue weighted by Crippen LogP contribution is 2.34. The largest absolute Gasteiger partial charge is 0.471 e. The standard InChI is InChI=1S/C25H20Cl2N2O2/c26-21-14-12-20(13-15-21)22-23(27)25(30)29(16-18-8-6-3-7-9-18)28-24(22)31-17-19-10-4-1-2-5-11-19/h1,3-15H,2,16-17H2. The number of aromatic nitrogens is 2. The third-order valence-electron chi connectivity index (χ3n) is 4.80. The summed E-state index contributed by atoms with van der Waals surface area (Å²) in [7, 11) is 0. The minimum absolute atomic E-state index is 0.0635. The lowest BCUT2D eigenvalue weighted by atomic mass is 10.1. The van der Waals surface area contributed by atoms with Gasteiger partial charge in [0.05, 0.1) is 12.1 Å². The van der Waals surface area contributed by atoms with E-state index in [-0.39, 0.29) is 10.6 Å². The fourth-order valence-corrected chi connectivity index (χ4v) is 3.64. The van der Waals surface area contributed by atoms with Crippen LogP contribution in [0.1, 0.15) is 12.0 Å². The maximum absolute atomic E-state index is 13.0. The van der Waals surface area contributed by atoms with E-state index in [1.54, 1.807) is 24.3 Å². The molecule has 4 rings (SSSR count). The Hall–Kier alpha value is -3.08. The molecule has 0 radical (unpaired) electrons. The van der Waals surface area contributed by atoms with Crippen LogP contribution in [0.25, 0.3) is 11.1 Å². The molecule has 1 aromatic heterocycles. The minimum Gasteiger partial charge on any atom is -0.471 e.